The van der Waals surface area contributed by atoms with E-state index < -0.39 is 11.9 Å². The Morgan fingerprint density at radius 3 is 2.54 bits per heavy atom. The highest BCUT2D eigenvalue weighted by atomic mass is 16.2. The van der Waals surface area contributed by atoms with Crippen molar-refractivity contribution in [3.05, 3.63) is 77.4 Å². The number of rotatable bonds is 8. The van der Waals surface area contributed by atoms with Gasteiger partial charge in [-0.05, 0) is 73.8 Å². The first kappa shape index (κ1) is 26.3. The fourth-order valence-corrected chi connectivity index (χ4v) is 4.69. The number of carbonyl (C=O) groups excluding carboxylic acids is 3. The maximum absolute atomic E-state index is 13.2. The van der Waals surface area contributed by atoms with Crippen LogP contribution in [-0.4, -0.2) is 43.4 Å². The van der Waals surface area contributed by atoms with Crippen LogP contribution in [0.5, 0.6) is 0 Å². The summed E-state index contributed by atoms with van der Waals surface area (Å²) in [5.41, 5.74) is 8.79. The SMILES string of the molecule is Cc1ccc(NC(=O)[C@@H](N)CNC(=O)C2CCNCC2)cc1C(=O)N[C@H](C)c1cccc2ccccc12. The molecule has 4 rings (SSSR count). The van der Waals surface area contributed by atoms with Gasteiger partial charge in [0.1, 0.15) is 6.04 Å². The van der Waals surface area contributed by atoms with E-state index in [2.05, 4.69) is 21.3 Å². The normalized spacial score (nSPS) is 15.5. The van der Waals surface area contributed by atoms with E-state index in [1.165, 1.54) is 0 Å². The molecule has 0 saturated carbocycles. The molecule has 0 radical (unpaired) electrons. The minimum Gasteiger partial charge on any atom is -0.354 e. The molecule has 0 aromatic heterocycles. The summed E-state index contributed by atoms with van der Waals surface area (Å²) >= 11 is 0. The van der Waals surface area contributed by atoms with E-state index in [1.807, 2.05) is 56.3 Å². The van der Waals surface area contributed by atoms with Crippen LogP contribution in [-0.2, 0) is 9.59 Å². The molecular formula is C29H35N5O3. The van der Waals surface area contributed by atoms with Gasteiger partial charge in [0, 0.05) is 23.7 Å². The van der Waals surface area contributed by atoms with E-state index in [0.29, 0.717) is 11.3 Å². The van der Waals surface area contributed by atoms with Gasteiger partial charge in [0.05, 0.1) is 6.04 Å². The molecule has 1 saturated heterocycles. The number of carbonyl (C=O) groups is 3. The van der Waals surface area contributed by atoms with Gasteiger partial charge in [-0.1, -0.05) is 48.5 Å². The number of nitrogens with two attached hydrogens (primary N) is 1. The molecule has 1 fully saturated rings. The highest BCUT2D eigenvalue weighted by Crippen LogP contribution is 2.25. The minimum atomic E-state index is -0.907. The maximum atomic E-state index is 13.2. The number of aryl methyl sites for hydroxylation is 1. The summed E-state index contributed by atoms with van der Waals surface area (Å²) in [5, 5.41) is 14.1. The average molecular weight is 502 g/mol. The van der Waals surface area contributed by atoms with Crippen molar-refractivity contribution in [2.24, 2.45) is 11.7 Å². The van der Waals surface area contributed by atoms with Crippen molar-refractivity contribution >= 4 is 34.2 Å². The molecule has 1 aliphatic heterocycles. The predicted octanol–water partition coefficient (Wildman–Crippen LogP) is 3.02. The summed E-state index contributed by atoms with van der Waals surface area (Å²) in [7, 11) is 0. The van der Waals surface area contributed by atoms with Gasteiger partial charge < -0.3 is 27.0 Å². The first-order chi connectivity index (χ1) is 17.8. The van der Waals surface area contributed by atoms with Gasteiger partial charge in [-0.3, -0.25) is 14.4 Å². The molecule has 1 heterocycles. The lowest BCUT2D eigenvalue weighted by atomic mass is 9.97. The standard InChI is InChI=1S/C29H35N5O3/c1-18-10-11-22(34-29(37)26(30)17-32-27(35)21-12-14-31-15-13-21)16-25(18)28(36)33-19(2)23-9-5-7-20-6-3-4-8-24(20)23/h3-11,16,19,21,26,31H,12-15,17,30H2,1-2H3,(H,32,35)(H,33,36)(H,34,37)/t19-,26+/m1/s1. The first-order valence-electron chi connectivity index (χ1n) is 12.8. The second-order valence-corrected chi connectivity index (χ2v) is 9.66. The fraction of sp³-hybridized carbons (Fsp3) is 0.345. The molecule has 3 aromatic carbocycles. The quantitative estimate of drug-likeness (QED) is 0.324. The molecule has 3 amide bonds. The summed E-state index contributed by atoms with van der Waals surface area (Å²) in [6.45, 7) is 5.49. The second kappa shape index (κ2) is 12.0. The Hall–Kier alpha value is -3.75. The number of anilines is 1. The van der Waals surface area contributed by atoms with Crippen LogP contribution in [0.4, 0.5) is 5.69 Å². The topological polar surface area (TPSA) is 125 Å². The van der Waals surface area contributed by atoms with Gasteiger partial charge in [-0.2, -0.15) is 0 Å². The third-order valence-electron chi connectivity index (χ3n) is 6.93. The summed E-state index contributed by atoms with van der Waals surface area (Å²) in [5.74, 6) is -0.775. The molecule has 3 aromatic rings. The number of piperidine rings is 1. The monoisotopic (exact) mass is 501 g/mol. The van der Waals surface area contributed by atoms with Crippen molar-refractivity contribution in [3.8, 4) is 0 Å². The van der Waals surface area contributed by atoms with Crippen LogP contribution in [0.25, 0.3) is 10.8 Å². The van der Waals surface area contributed by atoms with E-state index in [9.17, 15) is 14.4 Å². The van der Waals surface area contributed by atoms with Crippen LogP contribution >= 0.6 is 0 Å². The Morgan fingerprint density at radius 2 is 1.76 bits per heavy atom. The third kappa shape index (κ3) is 6.53. The number of amides is 3. The number of nitrogens with one attached hydrogen (secondary N) is 4. The van der Waals surface area contributed by atoms with E-state index in [1.54, 1.807) is 18.2 Å². The van der Waals surface area contributed by atoms with E-state index >= 15 is 0 Å². The van der Waals surface area contributed by atoms with Crippen LogP contribution in [0.1, 0.15) is 47.3 Å². The lowest BCUT2D eigenvalue weighted by Crippen LogP contribution is -2.47. The zero-order chi connectivity index (χ0) is 26.4. The third-order valence-corrected chi connectivity index (χ3v) is 6.93. The molecule has 1 aliphatic rings. The summed E-state index contributed by atoms with van der Waals surface area (Å²) in [6.07, 6.45) is 1.56. The molecule has 2 atom stereocenters. The van der Waals surface area contributed by atoms with Gasteiger partial charge in [0.2, 0.25) is 11.8 Å². The molecule has 0 bridgehead atoms. The predicted molar refractivity (Wildman–Crippen MR) is 146 cm³/mol. The van der Waals surface area contributed by atoms with Crippen molar-refractivity contribution in [3.63, 3.8) is 0 Å². The molecule has 6 N–H and O–H groups in total. The Morgan fingerprint density at radius 1 is 1.03 bits per heavy atom. The van der Waals surface area contributed by atoms with Gasteiger partial charge in [-0.25, -0.2) is 0 Å². The van der Waals surface area contributed by atoms with Crippen LogP contribution in [0, 0.1) is 12.8 Å². The van der Waals surface area contributed by atoms with Crippen LogP contribution in [0.2, 0.25) is 0 Å². The lowest BCUT2D eigenvalue weighted by molar-refractivity contribution is -0.126. The smallest absolute Gasteiger partial charge is 0.252 e. The Balaban J connectivity index is 1.37. The van der Waals surface area contributed by atoms with Gasteiger partial charge in [-0.15, -0.1) is 0 Å². The number of fused-ring (bicyclic) bond motifs is 1. The van der Waals surface area contributed by atoms with Gasteiger partial charge in [0.25, 0.3) is 5.91 Å². The summed E-state index contributed by atoms with van der Waals surface area (Å²) in [4.78, 5) is 38.2. The molecule has 37 heavy (non-hydrogen) atoms. The molecular weight excluding hydrogens is 466 g/mol. The Kier molecular flexibility index (Phi) is 8.53. The van der Waals surface area contributed by atoms with Crippen molar-refractivity contribution in [1.82, 2.24) is 16.0 Å². The molecule has 8 nitrogen and oxygen atoms in total. The maximum Gasteiger partial charge on any atom is 0.252 e. The van der Waals surface area contributed by atoms with Crippen molar-refractivity contribution in [1.29, 1.82) is 0 Å². The highest BCUT2D eigenvalue weighted by molar-refractivity contribution is 6.00. The average Bonchev–Trinajstić information content (AvgIpc) is 2.92. The largest absolute Gasteiger partial charge is 0.354 e. The Bertz CT molecular complexity index is 1280. The molecule has 0 spiro atoms. The number of benzene rings is 3. The van der Waals surface area contributed by atoms with Gasteiger partial charge in [0.15, 0.2) is 0 Å². The summed E-state index contributed by atoms with van der Waals surface area (Å²) < 4.78 is 0. The lowest BCUT2D eigenvalue weighted by Gasteiger charge is -2.22. The zero-order valence-electron chi connectivity index (χ0n) is 21.3. The molecule has 194 valence electrons. The van der Waals surface area contributed by atoms with Crippen LogP contribution < -0.4 is 27.0 Å². The zero-order valence-corrected chi connectivity index (χ0v) is 21.3. The molecule has 0 aliphatic carbocycles. The second-order valence-electron chi connectivity index (χ2n) is 9.66. The van der Waals surface area contributed by atoms with Crippen LogP contribution in [0.15, 0.2) is 60.7 Å². The first-order valence-corrected chi connectivity index (χ1v) is 12.8. The van der Waals surface area contributed by atoms with E-state index in [0.717, 1.165) is 47.8 Å². The molecule has 0 unspecified atom stereocenters. The highest BCUT2D eigenvalue weighted by Gasteiger charge is 2.23. The van der Waals surface area contributed by atoms with Crippen molar-refractivity contribution < 1.29 is 14.4 Å². The van der Waals surface area contributed by atoms with E-state index in [-0.39, 0.29) is 30.3 Å². The summed E-state index contributed by atoms with van der Waals surface area (Å²) in [6, 6.07) is 18.2. The van der Waals surface area contributed by atoms with E-state index in [4.69, 9.17) is 5.73 Å². The minimum absolute atomic E-state index is 0.0500. The molecule has 8 heteroatoms. The van der Waals surface area contributed by atoms with Crippen LogP contribution in [0.3, 0.4) is 0 Å². The fourth-order valence-electron chi connectivity index (χ4n) is 4.69. The van der Waals surface area contributed by atoms with Gasteiger partial charge >= 0.3 is 0 Å². The Labute approximate surface area is 217 Å². The number of hydrogen-bond donors (Lipinski definition) is 5. The van der Waals surface area contributed by atoms with Crippen molar-refractivity contribution in [2.75, 3.05) is 25.0 Å². The number of hydrogen-bond acceptors (Lipinski definition) is 5. The van der Waals surface area contributed by atoms with Crippen molar-refractivity contribution in [2.45, 2.75) is 38.8 Å².